The molecule has 1 aromatic carbocycles. The summed E-state index contributed by atoms with van der Waals surface area (Å²) in [6, 6.07) is 11.4. The molecule has 0 saturated carbocycles. The van der Waals surface area contributed by atoms with Crippen LogP contribution in [-0.2, 0) is 9.53 Å². The van der Waals surface area contributed by atoms with E-state index >= 15 is 0 Å². The molecule has 0 spiro atoms. The van der Waals surface area contributed by atoms with Crippen LogP contribution in [-0.4, -0.2) is 12.6 Å². The van der Waals surface area contributed by atoms with E-state index in [1.54, 1.807) is 13.0 Å². The summed E-state index contributed by atoms with van der Waals surface area (Å²) in [5.41, 5.74) is 1.00. The van der Waals surface area contributed by atoms with E-state index < -0.39 is 5.97 Å². The zero-order valence-corrected chi connectivity index (χ0v) is 9.59. The maximum absolute atomic E-state index is 11.3. The number of carbonyl (C=O) groups excluding carboxylic acids is 1. The molecule has 0 fully saturated rings. The molecule has 0 atom stereocenters. The highest BCUT2D eigenvalue weighted by molar-refractivity contribution is 5.93. The molecule has 0 bridgehead atoms. The van der Waals surface area contributed by atoms with Gasteiger partial charge in [-0.2, -0.15) is 5.26 Å². The molecule has 0 aliphatic carbocycles. The summed E-state index contributed by atoms with van der Waals surface area (Å²) in [6.45, 7) is 1.97. The summed E-state index contributed by atoms with van der Waals surface area (Å²) in [5, 5.41) is 8.77. The summed E-state index contributed by atoms with van der Waals surface area (Å²) < 4.78 is 4.73. The standard InChI is InChI=1S/C14H13NO2/c1-2-17-14(16)13(11-15)10-6-9-12-7-4-3-5-8-12/h3-10H,2H2,1H3/b9-6+,13-10+. The predicted octanol–water partition coefficient (Wildman–Crippen LogP) is 2.71. The molecule has 0 aromatic heterocycles. The van der Waals surface area contributed by atoms with Crippen molar-refractivity contribution in [3.05, 3.63) is 53.6 Å². The van der Waals surface area contributed by atoms with Crippen LogP contribution in [0.25, 0.3) is 6.08 Å². The van der Waals surface area contributed by atoms with Crippen molar-refractivity contribution in [2.24, 2.45) is 0 Å². The molecule has 3 heteroatoms. The van der Waals surface area contributed by atoms with Gasteiger partial charge in [0.1, 0.15) is 11.6 Å². The predicted molar refractivity (Wildman–Crippen MR) is 65.8 cm³/mol. The number of nitrogens with zero attached hydrogens (tertiary/aromatic N) is 1. The molecule has 86 valence electrons. The van der Waals surface area contributed by atoms with Gasteiger partial charge in [-0.3, -0.25) is 0 Å². The minimum Gasteiger partial charge on any atom is -0.462 e. The molecule has 0 aliphatic heterocycles. The molecule has 0 radical (unpaired) electrons. The molecule has 17 heavy (non-hydrogen) atoms. The highest BCUT2D eigenvalue weighted by Gasteiger charge is 2.07. The van der Waals surface area contributed by atoms with Gasteiger partial charge in [-0.15, -0.1) is 0 Å². The Labute approximate surface area is 101 Å². The van der Waals surface area contributed by atoms with Crippen LogP contribution in [0.15, 0.2) is 48.1 Å². The lowest BCUT2D eigenvalue weighted by Crippen LogP contribution is -2.05. The minimum absolute atomic E-state index is 0.000897. The van der Waals surface area contributed by atoms with E-state index in [1.807, 2.05) is 42.5 Å². The van der Waals surface area contributed by atoms with E-state index in [4.69, 9.17) is 10.00 Å². The maximum atomic E-state index is 11.3. The van der Waals surface area contributed by atoms with Gasteiger partial charge >= 0.3 is 5.97 Å². The lowest BCUT2D eigenvalue weighted by Gasteiger charge is -1.97. The SMILES string of the molecule is CCOC(=O)/C(C#N)=C/C=C/c1ccccc1. The van der Waals surface area contributed by atoms with Crippen LogP contribution >= 0.6 is 0 Å². The lowest BCUT2D eigenvalue weighted by atomic mass is 10.2. The number of rotatable bonds is 4. The Hall–Kier alpha value is -2.34. The third-order valence-corrected chi connectivity index (χ3v) is 1.97. The fourth-order valence-corrected chi connectivity index (χ4v) is 1.18. The van der Waals surface area contributed by atoms with Crippen molar-refractivity contribution in [1.82, 2.24) is 0 Å². The lowest BCUT2D eigenvalue weighted by molar-refractivity contribution is -0.138. The van der Waals surface area contributed by atoms with E-state index in [0.717, 1.165) is 5.56 Å². The van der Waals surface area contributed by atoms with Crippen LogP contribution in [0.2, 0.25) is 0 Å². The average Bonchev–Trinajstić information content (AvgIpc) is 2.36. The van der Waals surface area contributed by atoms with Gasteiger partial charge < -0.3 is 4.74 Å². The molecule has 0 heterocycles. The van der Waals surface area contributed by atoms with Gasteiger partial charge in [-0.25, -0.2) is 4.79 Å². The van der Waals surface area contributed by atoms with Gasteiger partial charge in [0.2, 0.25) is 0 Å². The fraction of sp³-hybridized carbons (Fsp3) is 0.143. The van der Waals surface area contributed by atoms with Crippen molar-refractivity contribution >= 4 is 12.0 Å². The smallest absolute Gasteiger partial charge is 0.348 e. The summed E-state index contributed by atoms with van der Waals surface area (Å²) in [5.74, 6) is -0.590. The minimum atomic E-state index is -0.590. The number of carbonyl (C=O) groups is 1. The summed E-state index contributed by atoms with van der Waals surface area (Å²) >= 11 is 0. The Bertz CT molecular complexity index is 467. The molecular formula is C14H13NO2. The summed E-state index contributed by atoms with van der Waals surface area (Å²) in [4.78, 5) is 11.3. The monoisotopic (exact) mass is 227 g/mol. The highest BCUT2D eigenvalue weighted by Crippen LogP contribution is 2.03. The molecule has 3 nitrogen and oxygen atoms in total. The van der Waals surface area contributed by atoms with E-state index in [0.29, 0.717) is 0 Å². The number of ether oxygens (including phenoxy) is 1. The van der Waals surface area contributed by atoms with E-state index in [-0.39, 0.29) is 12.2 Å². The first-order valence-electron chi connectivity index (χ1n) is 5.28. The number of allylic oxidation sites excluding steroid dienone is 2. The number of nitriles is 1. The van der Waals surface area contributed by atoms with Gasteiger partial charge in [0.05, 0.1) is 6.61 Å². The number of hydrogen-bond acceptors (Lipinski definition) is 3. The Morgan fingerprint density at radius 3 is 2.71 bits per heavy atom. The van der Waals surface area contributed by atoms with Gasteiger partial charge in [0.25, 0.3) is 0 Å². The quantitative estimate of drug-likeness (QED) is 0.344. The first kappa shape index (κ1) is 12.7. The van der Waals surface area contributed by atoms with Crippen LogP contribution < -0.4 is 0 Å². The topological polar surface area (TPSA) is 50.1 Å². The Morgan fingerprint density at radius 2 is 2.12 bits per heavy atom. The van der Waals surface area contributed by atoms with Crippen LogP contribution in [0.4, 0.5) is 0 Å². The molecule has 0 aliphatic rings. The summed E-state index contributed by atoms with van der Waals surface area (Å²) in [6.07, 6.45) is 4.92. The first-order valence-corrected chi connectivity index (χ1v) is 5.28. The second-order valence-corrected chi connectivity index (χ2v) is 3.18. The molecule has 1 rings (SSSR count). The third-order valence-electron chi connectivity index (χ3n) is 1.97. The van der Waals surface area contributed by atoms with Crippen LogP contribution in [0, 0.1) is 11.3 Å². The van der Waals surface area contributed by atoms with Crippen molar-refractivity contribution < 1.29 is 9.53 Å². The van der Waals surface area contributed by atoms with Gasteiger partial charge in [-0.05, 0) is 18.6 Å². The molecule has 0 N–H and O–H groups in total. The number of benzene rings is 1. The van der Waals surface area contributed by atoms with Crippen molar-refractivity contribution in [3.8, 4) is 6.07 Å². The molecule has 1 aromatic rings. The maximum Gasteiger partial charge on any atom is 0.348 e. The number of hydrogen-bond donors (Lipinski definition) is 0. The zero-order chi connectivity index (χ0) is 12.5. The second kappa shape index (κ2) is 7.02. The summed E-state index contributed by atoms with van der Waals surface area (Å²) in [7, 11) is 0. The van der Waals surface area contributed by atoms with Gasteiger partial charge in [-0.1, -0.05) is 42.5 Å². The average molecular weight is 227 g/mol. The highest BCUT2D eigenvalue weighted by atomic mass is 16.5. The van der Waals surface area contributed by atoms with Crippen LogP contribution in [0.5, 0.6) is 0 Å². The number of esters is 1. The molecular weight excluding hydrogens is 214 g/mol. The Morgan fingerprint density at radius 1 is 1.41 bits per heavy atom. The molecule has 0 saturated heterocycles. The van der Waals surface area contributed by atoms with Crippen molar-refractivity contribution in [2.45, 2.75) is 6.92 Å². The zero-order valence-electron chi connectivity index (χ0n) is 9.59. The van der Waals surface area contributed by atoms with E-state index in [1.165, 1.54) is 6.08 Å². The van der Waals surface area contributed by atoms with E-state index in [2.05, 4.69) is 0 Å². The molecule has 0 amide bonds. The first-order chi connectivity index (χ1) is 8.27. The van der Waals surface area contributed by atoms with Crippen molar-refractivity contribution in [1.29, 1.82) is 5.26 Å². The molecule has 0 unspecified atom stereocenters. The normalized spacial score (nSPS) is 11.2. The van der Waals surface area contributed by atoms with Crippen molar-refractivity contribution in [2.75, 3.05) is 6.61 Å². The largest absolute Gasteiger partial charge is 0.462 e. The fourth-order valence-electron chi connectivity index (χ4n) is 1.18. The van der Waals surface area contributed by atoms with Gasteiger partial charge in [0.15, 0.2) is 0 Å². The van der Waals surface area contributed by atoms with E-state index in [9.17, 15) is 4.79 Å². The van der Waals surface area contributed by atoms with Crippen molar-refractivity contribution in [3.63, 3.8) is 0 Å². The third kappa shape index (κ3) is 4.35. The van der Waals surface area contributed by atoms with Crippen LogP contribution in [0.3, 0.4) is 0 Å². The van der Waals surface area contributed by atoms with Gasteiger partial charge in [0, 0.05) is 0 Å². The Balaban J connectivity index is 2.72. The van der Waals surface area contributed by atoms with Crippen LogP contribution in [0.1, 0.15) is 12.5 Å². The second-order valence-electron chi connectivity index (χ2n) is 3.18. The Kier molecular flexibility index (Phi) is 5.26.